The number of rotatable bonds is 3. The van der Waals surface area contributed by atoms with E-state index in [0.29, 0.717) is 10.9 Å². The van der Waals surface area contributed by atoms with Crippen LogP contribution in [-0.4, -0.2) is 15.9 Å². The summed E-state index contributed by atoms with van der Waals surface area (Å²) in [5, 5.41) is 14.5. The molecule has 1 aromatic heterocycles. The van der Waals surface area contributed by atoms with E-state index < -0.39 is 10.7 Å². The molecule has 20 heavy (non-hydrogen) atoms. The van der Waals surface area contributed by atoms with Crippen molar-refractivity contribution in [3.05, 3.63) is 40.3 Å². The molecule has 2 aromatic rings. The molecule has 0 bridgehead atoms. The minimum absolute atomic E-state index is 0.219. The van der Waals surface area contributed by atoms with Gasteiger partial charge in [-0.1, -0.05) is 12.8 Å². The van der Waals surface area contributed by atoms with Gasteiger partial charge in [-0.05, 0) is 25.0 Å². The number of aromatic nitrogens is 1. The molecular weight excluding hydrogens is 261 g/mol. The van der Waals surface area contributed by atoms with Crippen LogP contribution in [0.2, 0.25) is 0 Å². The second-order valence-corrected chi connectivity index (χ2v) is 5.03. The van der Waals surface area contributed by atoms with Crippen molar-refractivity contribution in [3.8, 4) is 0 Å². The van der Waals surface area contributed by atoms with E-state index in [2.05, 4.69) is 10.3 Å². The highest BCUT2D eigenvalue weighted by Crippen LogP contribution is 2.34. The first-order chi connectivity index (χ1) is 9.66. The van der Waals surface area contributed by atoms with Crippen LogP contribution in [0.15, 0.2) is 24.4 Å². The quantitative estimate of drug-likeness (QED) is 0.686. The molecule has 1 heterocycles. The van der Waals surface area contributed by atoms with Crippen molar-refractivity contribution in [1.82, 2.24) is 4.98 Å². The number of nitro benzene ring substituents is 1. The molecule has 0 radical (unpaired) electrons. The first-order valence-corrected chi connectivity index (χ1v) is 6.65. The Morgan fingerprint density at radius 2 is 2.15 bits per heavy atom. The Bertz CT molecular complexity index is 669. The predicted octanol–water partition coefficient (Wildman–Crippen LogP) is 3.64. The summed E-state index contributed by atoms with van der Waals surface area (Å²) in [5.74, 6) is -0.616. The zero-order chi connectivity index (χ0) is 14.1. The van der Waals surface area contributed by atoms with Gasteiger partial charge < -0.3 is 5.32 Å². The summed E-state index contributed by atoms with van der Waals surface area (Å²) >= 11 is 0. The Labute approximate surface area is 115 Å². The van der Waals surface area contributed by atoms with Gasteiger partial charge in [0.1, 0.15) is 5.52 Å². The molecule has 1 aliphatic carbocycles. The van der Waals surface area contributed by atoms with Gasteiger partial charge in [-0.25, -0.2) is 4.39 Å². The standard InChI is InChI=1S/C14H14FN3O2/c15-11-8-12(18(19)20)10-6-3-7-16-13(10)14(11)17-9-4-1-2-5-9/h3,6-9,17H,1-2,4-5H2. The van der Waals surface area contributed by atoms with Crippen LogP contribution >= 0.6 is 0 Å². The van der Waals surface area contributed by atoms with Gasteiger partial charge in [0.15, 0.2) is 5.82 Å². The van der Waals surface area contributed by atoms with Crippen molar-refractivity contribution in [2.45, 2.75) is 31.7 Å². The van der Waals surface area contributed by atoms with E-state index in [9.17, 15) is 14.5 Å². The third-order valence-electron chi connectivity index (χ3n) is 3.72. The van der Waals surface area contributed by atoms with Gasteiger partial charge in [0.05, 0.1) is 22.1 Å². The maximum atomic E-state index is 14.2. The molecule has 1 aliphatic rings. The lowest BCUT2D eigenvalue weighted by Crippen LogP contribution is -2.16. The summed E-state index contributed by atoms with van der Waals surface area (Å²) in [6, 6.07) is 4.41. The summed E-state index contributed by atoms with van der Waals surface area (Å²) in [6.45, 7) is 0. The topological polar surface area (TPSA) is 68.1 Å². The van der Waals surface area contributed by atoms with Crippen molar-refractivity contribution < 1.29 is 9.31 Å². The number of benzene rings is 1. The minimum Gasteiger partial charge on any atom is -0.378 e. The van der Waals surface area contributed by atoms with Gasteiger partial charge in [-0.3, -0.25) is 15.1 Å². The maximum Gasteiger partial charge on any atom is 0.281 e. The number of nitrogens with one attached hydrogen (secondary N) is 1. The lowest BCUT2D eigenvalue weighted by Gasteiger charge is -2.15. The number of non-ortho nitro benzene ring substituents is 1. The van der Waals surface area contributed by atoms with Gasteiger partial charge in [0.25, 0.3) is 5.69 Å². The lowest BCUT2D eigenvalue weighted by atomic mass is 10.1. The molecule has 1 fully saturated rings. The zero-order valence-electron chi connectivity index (χ0n) is 10.8. The van der Waals surface area contributed by atoms with Crippen LogP contribution < -0.4 is 5.32 Å². The number of hydrogen-bond acceptors (Lipinski definition) is 4. The fraction of sp³-hybridized carbons (Fsp3) is 0.357. The van der Waals surface area contributed by atoms with Crippen molar-refractivity contribution in [2.24, 2.45) is 0 Å². The van der Waals surface area contributed by atoms with E-state index in [-0.39, 0.29) is 17.4 Å². The number of fused-ring (bicyclic) bond motifs is 1. The highest BCUT2D eigenvalue weighted by Gasteiger charge is 2.23. The normalized spacial score (nSPS) is 15.7. The Kier molecular flexibility index (Phi) is 3.22. The van der Waals surface area contributed by atoms with Gasteiger partial charge in [-0.15, -0.1) is 0 Å². The van der Waals surface area contributed by atoms with E-state index in [1.165, 1.54) is 6.20 Å². The maximum absolute atomic E-state index is 14.2. The van der Waals surface area contributed by atoms with Crippen molar-refractivity contribution in [2.75, 3.05) is 5.32 Å². The molecule has 1 N–H and O–H groups in total. The molecule has 0 unspecified atom stereocenters. The molecule has 5 nitrogen and oxygen atoms in total. The third-order valence-corrected chi connectivity index (χ3v) is 3.72. The second kappa shape index (κ2) is 5.03. The second-order valence-electron chi connectivity index (χ2n) is 5.03. The van der Waals surface area contributed by atoms with E-state index in [4.69, 9.17) is 0 Å². The SMILES string of the molecule is O=[N+]([O-])c1cc(F)c(NC2CCCC2)c2ncccc12. The predicted molar refractivity (Wildman–Crippen MR) is 74.2 cm³/mol. The zero-order valence-corrected chi connectivity index (χ0v) is 10.8. The Balaban J connectivity index is 2.13. The van der Waals surface area contributed by atoms with Crippen LogP contribution in [0.4, 0.5) is 15.8 Å². The smallest absolute Gasteiger partial charge is 0.281 e. The van der Waals surface area contributed by atoms with Crippen LogP contribution in [0, 0.1) is 15.9 Å². The molecule has 1 aromatic carbocycles. The van der Waals surface area contributed by atoms with E-state index in [0.717, 1.165) is 31.7 Å². The highest BCUT2D eigenvalue weighted by molar-refractivity contribution is 5.97. The largest absolute Gasteiger partial charge is 0.378 e. The van der Waals surface area contributed by atoms with Crippen LogP contribution in [0.3, 0.4) is 0 Å². The molecule has 6 heteroatoms. The fourth-order valence-corrected chi connectivity index (χ4v) is 2.76. The summed E-state index contributed by atoms with van der Waals surface area (Å²) < 4.78 is 14.2. The molecule has 0 atom stereocenters. The van der Waals surface area contributed by atoms with Crippen LogP contribution in [0.1, 0.15) is 25.7 Å². The minimum atomic E-state index is -0.616. The van der Waals surface area contributed by atoms with Crippen LogP contribution in [0.5, 0.6) is 0 Å². The van der Waals surface area contributed by atoms with Gasteiger partial charge in [0, 0.05) is 12.2 Å². The lowest BCUT2D eigenvalue weighted by molar-refractivity contribution is -0.383. The molecule has 0 aliphatic heterocycles. The Hall–Kier alpha value is -2.24. The molecule has 104 valence electrons. The monoisotopic (exact) mass is 275 g/mol. The third kappa shape index (κ3) is 2.17. The summed E-state index contributed by atoms with van der Waals surface area (Å²) in [5.41, 5.74) is 0.353. The Morgan fingerprint density at radius 1 is 1.40 bits per heavy atom. The highest BCUT2D eigenvalue weighted by atomic mass is 19.1. The number of halogens is 1. The van der Waals surface area contributed by atoms with E-state index >= 15 is 0 Å². The van der Waals surface area contributed by atoms with E-state index in [1.807, 2.05) is 0 Å². The van der Waals surface area contributed by atoms with Gasteiger partial charge in [-0.2, -0.15) is 0 Å². The van der Waals surface area contributed by atoms with Gasteiger partial charge in [0.2, 0.25) is 0 Å². The van der Waals surface area contributed by atoms with E-state index in [1.54, 1.807) is 12.1 Å². The average Bonchev–Trinajstić information content (AvgIpc) is 2.94. The molecule has 1 saturated carbocycles. The van der Waals surface area contributed by atoms with Gasteiger partial charge >= 0.3 is 0 Å². The van der Waals surface area contributed by atoms with Crippen LogP contribution in [-0.2, 0) is 0 Å². The summed E-state index contributed by atoms with van der Waals surface area (Å²) in [6.07, 6.45) is 5.75. The number of nitrogens with zero attached hydrogens (tertiary/aromatic N) is 2. The fourth-order valence-electron chi connectivity index (χ4n) is 2.76. The number of hydrogen-bond donors (Lipinski definition) is 1. The molecule has 3 rings (SSSR count). The molecule has 0 saturated heterocycles. The summed E-state index contributed by atoms with van der Waals surface area (Å²) in [7, 11) is 0. The van der Waals surface area contributed by atoms with Crippen molar-refractivity contribution in [1.29, 1.82) is 0 Å². The summed E-state index contributed by atoms with van der Waals surface area (Å²) in [4.78, 5) is 14.6. The molecule has 0 amide bonds. The van der Waals surface area contributed by atoms with Crippen molar-refractivity contribution >= 4 is 22.3 Å². The first kappa shape index (κ1) is 12.8. The van der Waals surface area contributed by atoms with Crippen LogP contribution in [0.25, 0.3) is 10.9 Å². The number of nitro groups is 1. The molecule has 0 spiro atoms. The number of anilines is 1. The molecular formula is C14H14FN3O2. The number of pyridine rings is 1. The Morgan fingerprint density at radius 3 is 2.85 bits per heavy atom. The average molecular weight is 275 g/mol. The van der Waals surface area contributed by atoms with Crippen molar-refractivity contribution in [3.63, 3.8) is 0 Å². The first-order valence-electron chi connectivity index (χ1n) is 6.65.